The Balaban J connectivity index is 1.81. The van der Waals surface area contributed by atoms with Crippen molar-refractivity contribution in [2.24, 2.45) is 0 Å². The maximum Gasteiger partial charge on any atom is 0.335 e. The van der Waals surface area contributed by atoms with E-state index in [0.29, 0.717) is 5.56 Å². The molecule has 0 spiro atoms. The van der Waals surface area contributed by atoms with E-state index >= 15 is 0 Å². The molecule has 0 bridgehead atoms. The number of carboxylic acid groups (broad SMARTS) is 1. The molecule has 0 aliphatic heterocycles. The van der Waals surface area contributed by atoms with E-state index in [1.165, 1.54) is 48.5 Å². The number of carbonyl (C=O) groups excluding carboxylic acids is 1. The summed E-state index contributed by atoms with van der Waals surface area (Å²) in [7, 11) is -5.56. The summed E-state index contributed by atoms with van der Waals surface area (Å²) in [6.45, 7) is -0.156. The Morgan fingerprint density at radius 2 is 1.20 bits per heavy atom. The second-order valence-electron chi connectivity index (χ2n) is 9.62. The third-order valence-electron chi connectivity index (χ3n) is 6.54. The van der Waals surface area contributed by atoms with Crippen molar-refractivity contribution >= 4 is 39.2 Å². The topological polar surface area (TPSA) is 95.0 Å². The van der Waals surface area contributed by atoms with Crippen molar-refractivity contribution in [3.63, 3.8) is 0 Å². The first-order valence-corrected chi connectivity index (χ1v) is 14.5. The molecule has 0 unspecified atom stereocenters. The van der Waals surface area contributed by atoms with Crippen LogP contribution in [0.15, 0.2) is 77.7 Å². The predicted molar refractivity (Wildman–Crippen MR) is 151 cm³/mol. The van der Waals surface area contributed by atoms with Crippen LogP contribution in [0, 0.1) is 36.0 Å². The summed E-state index contributed by atoms with van der Waals surface area (Å²) in [6, 6.07) is 17.4. The van der Waals surface area contributed by atoms with Crippen molar-refractivity contribution in [3.05, 3.63) is 129 Å². The van der Waals surface area contributed by atoms with Gasteiger partial charge in [0.05, 0.1) is 18.7 Å². The van der Waals surface area contributed by atoms with Gasteiger partial charge in [-0.25, -0.2) is 35.2 Å². The molecule has 0 saturated carbocycles. The molecule has 0 fully saturated rings. The number of carbonyl (C=O) groups is 2. The molecule has 0 saturated heterocycles. The minimum atomic E-state index is -5.56. The van der Waals surface area contributed by atoms with Crippen LogP contribution >= 0.6 is 11.6 Å². The number of rotatable bonds is 10. The Bertz CT molecular complexity index is 1790. The fourth-order valence-electron chi connectivity index (χ4n) is 4.18. The first kappa shape index (κ1) is 32.6. The summed E-state index contributed by atoms with van der Waals surface area (Å²) < 4.78 is 98.8. The fourth-order valence-corrected chi connectivity index (χ4v) is 5.80. The van der Waals surface area contributed by atoms with Crippen LogP contribution in [0.2, 0.25) is 5.02 Å². The van der Waals surface area contributed by atoms with Gasteiger partial charge in [-0.15, -0.1) is 0 Å². The number of halogens is 6. The van der Waals surface area contributed by atoms with E-state index in [2.05, 4.69) is 0 Å². The normalized spacial score (nSPS) is 11.5. The van der Waals surface area contributed by atoms with Gasteiger partial charge < -0.3 is 10.0 Å². The van der Waals surface area contributed by atoms with Gasteiger partial charge in [0.2, 0.25) is 21.7 Å². The summed E-state index contributed by atoms with van der Waals surface area (Å²) >= 11 is 5.89. The van der Waals surface area contributed by atoms with Gasteiger partial charge >= 0.3 is 5.97 Å². The van der Waals surface area contributed by atoms with Crippen molar-refractivity contribution in [3.8, 4) is 0 Å². The average molecular weight is 653 g/mol. The number of nitrogens with zero attached hydrogens (tertiary/aromatic N) is 2. The lowest BCUT2D eigenvalue weighted by Gasteiger charge is -2.28. The van der Waals surface area contributed by atoms with Crippen molar-refractivity contribution in [2.45, 2.75) is 24.9 Å². The third kappa shape index (κ3) is 6.90. The van der Waals surface area contributed by atoms with E-state index in [4.69, 9.17) is 11.6 Å². The molecule has 14 heteroatoms. The Morgan fingerprint density at radius 3 is 1.73 bits per heavy atom. The molecule has 0 aromatic heterocycles. The summed E-state index contributed by atoms with van der Waals surface area (Å²) in [5.41, 5.74) is 1.69. The first-order chi connectivity index (χ1) is 20.7. The van der Waals surface area contributed by atoms with Crippen molar-refractivity contribution in [1.29, 1.82) is 0 Å². The van der Waals surface area contributed by atoms with Crippen LogP contribution in [-0.2, 0) is 27.9 Å². The third-order valence-corrected chi connectivity index (χ3v) is 8.60. The zero-order chi connectivity index (χ0) is 32.3. The second-order valence-corrected chi connectivity index (χ2v) is 11.9. The zero-order valence-electron chi connectivity index (χ0n) is 22.7. The number of hydrogen-bond donors (Lipinski definition) is 1. The highest BCUT2D eigenvalue weighted by Crippen LogP contribution is 2.30. The van der Waals surface area contributed by atoms with Gasteiger partial charge in [0.25, 0.3) is 0 Å². The maximum absolute atomic E-state index is 14.7. The quantitative estimate of drug-likeness (QED) is 0.120. The molecule has 1 amide bonds. The number of sulfonamides is 1. The first-order valence-electron chi connectivity index (χ1n) is 12.7. The average Bonchev–Trinajstić information content (AvgIpc) is 2.99. The van der Waals surface area contributed by atoms with Crippen molar-refractivity contribution < 1.29 is 45.1 Å². The monoisotopic (exact) mass is 652 g/mol. The molecule has 4 rings (SSSR count). The SMILES string of the molecule is Cc1ccc(CN(C(=O)CN(Cc2ccc(Cl)cc2)S(=O)(=O)c2c(F)c(F)c(F)c(F)c2F)c2ccc(C(=O)O)cc2)cc1. The molecule has 0 heterocycles. The van der Waals surface area contributed by atoms with Crippen LogP contribution in [0.5, 0.6) is 0 Å². The molecule has 4 aromatic rings. The summed E-state index contributed by atoms with van der Waals surface area (Å²) in [5, 5.41) is 9.52. The number of benzene rings is 4. The van der Waals surface area contributed by atoms with Crippen LogP contribution in [0.3, 0.4) is 0 Å². The molecule has 7 nitrogen and oxygen atoms in total. The molecule has 1 N–H and O–H groups in total. The standard InChI is InChI=1S/C30H22ClF5N2O5S/c1-17-2-4-19(5-3-17)15-38(22-12-8-20(9-13-22)30(40)41)23(39)16-37(14-18-6-10-21(31)11-7-18)44(42,43)29-27(35)25(33)24(32)26(34)28(29)36/h2-13H,14-16H2,1H3,(H,40,41). The van der Waals surface area contributed by atoms with E-state index in [1.54, 1.807) is 24.3 Å². The van der Waals surface area contributed by atoms with Crippen LogP contribution in [0.1, 0.15) is 27.0 Å². The van der Waals surface area contributed by atoms with Crippen LogP contribution in [0.4, 0.5) is 27.6 Å². The molecular weight excluding hydrogens is 631 g/mol. The van der Waals surface area contributed by atoms with Crippen LogP contribution < -0.4 is 4.90 Å². The number of aromatic carboxylic acids is 1. The van der Waals surface area contributed by atoms with E-state index in [0.717, 1.165) is 10.5 Å². The van der Waals surface area contributed by atoms with Gasteiger partial charge in [-0.1, -0.05) is 53.6 Å². The summed E-state index contributed by atoms with van der Waals surface area (Å²) in [6.07, 6.45) is 0. The molecular formula is C30H22ClF5N2O5S. The lowest BCUT2D eigenvalue weighted by atomic mass is 10.1. The van der Waals surface area contributed by atoms with Crippen molar-refractivity contribution in [1.82, 2.24) is 4.31 Å². The zero-order valence-corrected chi connectivity index (χ0v) is 24.3. The Labute approximate surface area is 253 Å². The minimum absolute atomic E-state index is 0.102. The molecule has 0 aliphatic rings. The number of aryl methyl sites for hydroxylation is 1. The van der Waals surface area contributed by atoms with Gasteiger partial charge in [-0.05, 0) is 54.4 Å². The minimum Gasteiger partial charge on any atom is -0.478 e. The lowest BCUT2D eigenvalue weighted by molar-refractivity contribution is -0.119. The van der Waals surface area contributed by atoms with Crippen molar-refractivity contribution in [2.75, 3.05) is 11.4 Å². The highest BCUT2D eigenvalue weighted by molar-refractivity contribution is 7.89. The van der Waals surface area contributed by atoms with Gasteiger partial charge in [0.15, 0.2) is 28.2 Å². The van der Waals surface area contributed by atoms with Gasteiger partial charge in [0.1, 0.15) is 0 Å². The fraction of sp³-hybridized carbons (Fsp3) is 0.133. The Kier molecular flexibility index (Phi) is 9.72. The summed E-state index contributed by atoms with van der Waals surface area (Å²) in [5.74, 6) is -14.9. The predicted octanol–water partition coefficient (Wildman–Crippen LogP) is 6.47. The molecule has 0 radical (unpaired) electrons. The second kappa shape index (κ2) is 13.1. The van der Waals surface area contributed by atoms with Gasteiger partial charge in [0, 0.05) is 17.3 Å². The molecule has 44 heavy (non-hydrogen) atoms. The maximum atomic E-state index is 14.7. The molecule has 4 aromatic carbocycles. The number of anilines is 1. The van der Waals surface area contributed by atoms with Crippen LogP contribution in [-0.4, -0.2) is 36.3 Å². The van der Waals surface area contributed by atoms with E-state index in [9.17, 15) is 45.1 Å². The highest BCUT2D eigenvalue weighted by Gasteiger charge is 2.38. The Hall–Kier alpha value is -4.33. The van der Waals surface area contributed by atoms with Gasteiger partial charge in [-0.2, -0.15) is 4.31 Å². The van der Waals surface area contributed by atoms with E-state index < -0.39 is 69.0 Å². The highest BCUT2D eigenvalue weighted by atomic mass is 35.5. The van der Waals surface area contributed by atoms with E-state index in [-0.39, 0.29) is 32.7 Å². The lowest BCUT2D eigenvalue weighted by Crippen LogP contribution is -2.43. The molecule has 230 valence electrons. The largest absolute Gasteiger partial charge is 0.478 e. The number of carboxylic acids is 1. The smallest absolute Gasteiger partial charge is 0.335 e. The Morgan fingerprint density at radius 1 is 0.727 bits per heavy atom. The van der Waals surface area contributed by atoms with E-state index in [1.807, 2.05) is 6.92 Å². The summed E-state index contributed by atoms with van der Waals surface area (Å²) in [4.78, 5) is 24.1. The molecule has 0 atom stereocenters. The molecule has 0 aliphatic carbocycles. The van der Waals surface area contributed by atoms with Gasteiger partial charge in [-0.3, -0.25) is 4.79 Å². The number of amides is 1. The van der Waals surface area contributed by atoms with Crippen LogP contribution in [0.25, 0.3) is 0 Å². The number of hydrogen-bond acceptors (Lipinski definition) is 4.